The first kappa shape index (κ1) is 19.9. The van der Waals surface area contributed by atoms with Gasteiger partial charge in [-0.15, -0.1) is 6.58 Å². The second-order valence-electron chi connectivity index (χ2n) is 5.20. The van der Waals surface area contributed by atoms with E-state index in [9.17, 15) is 18.0 Å². The van der Waals surface area contributed by atoms with Gasteiger partial charge in [0.25, 0.3) is 5.91 Å². The van der Waals surface area contributed by atoms with E-state index in [0.717, 1.165) is 0 Å². The van der Waals surface area contributed by atoms with Crippen LogP contribution in [0.15, 0.2) is 41.8 Å². The van der Waals surface area contributed by atoms with Crippen LogP contribution in [0.25, 0.3) is 0 Å². The number of carboxylic acid groups (broad SMARTS) is 1. The number of benzene rings is 1. The Hall–Kier alpha value is -2.19. The number of sulfonamides is 1. The van der Waals surface area contributed by atoms with Gasteiger partial charge >= 0.3 is 5.97 Å². The number of hydrogen-bond acceptors (Lipinski definition) is 4. The Morgan fingerprint density at radius 2 is 2.08 bits per heavy atom. The van der Waals surface area contributed by atoms with E-state index < -0.39 is 27.8 Å². The average Bonchev–Trinajstić information content (AvgIpc) is 2.56. The van der Waals surface area contributed by atoms with Gasteiger partial charge in [0.15, 0.2) is 0 Å². The van der Waals surface area contributed by atoms with Crippen molar-refractivity contribution in [3.05, 3.63) is 42.5 Å². The summed E-state index contributed by atoms with van der Waals surface area (Å²) in [5.74, 6) is -2.15. The predicted octanol–water partition coefficient (Wildman–Crippen LogP) is 1.38. The summed E-state index contributed by atoms with van der Waals surface area (Å²) in [7, 11) is -3.73. The number of carboxylic acids is 1. The lowest BCUT2D eigenvalue weighted by Crippen LogP contribution is -2.33. The Bertz CT molecular complexity index is 700. The summed E-state index contributed by atoms with van der Waals surface area (Å²) < 4.78 is 26.4. The van der Waals surface area contributed by atoms with E-state index in [1.54, 1.807) is 0 Å². The van der Waals surface area contributed by atoms with Gasteiger partial charge in [-0.1, -0.05) is 25.5 Å². The fraction of sp³-hybridized carbons (Fsp3) is 0.375. The molecule has 0 saturated heterocycles. The smallest absolute Gasteiger partial charge is 0.308 e. The minimum Gasteiger partial charge on any atom is -0.481 e. The zero-order valence-corrected chi connectivity index (χ0v) is 14.3. The lowest BCUT2D eigenvalue weighted by molar-refractivity contribution is -0.141. The molecule has 1 aromatic rings. The Morgan fingerprint density at radius 3 is 2.67 bits per heavy atom. The van der Waals surface area contributed by atoms with Crippen molar-refractivity contribution in [2.24, 2.45) is 5.92 Å². The highest BCUT2D eigenvalue weighted by atomic mass is 32.2. The Kier molecular flexibility index (Phi) is 7.60. The van der Waals surface area contributed by atoms with Crippen LogP contribution in [0.5, 0.6) is 0 Å². The van der Waals surface area contributed by atoms with Crippen LogP contribution in [-0.4, -0.2) is 38.5 Å². The molecule has 0 aromatic heterocycles. The number of hydrogen-bond donors (Lipinski definition) is 3. The van der Waals surface area contributed by atoms with E-state index in [2.05, 4.69) is 16.6 Å². The van der Waals surface area contributed by atoms with Crippen molar-refractivity contribution in [1.29, 1.82) is 0 Å². The number of aliphatic carboxylic acids is 1. The van der Waals surface area contributed by atoms with Crippen LogP contribution in [0.1, 0.15) is 30.1 Å². The van der Waals surface area contributed by atoms with Crippen LogP contribution in [0, 0.1) is 5.92 Å². The van der Waals surface area contributed by atoms with Crippen molar-refractivity contribution in [3.8, 4) is 0 Å². The van der Waals surface area contributed by atoms with Gasteiger partial charge in [0.2, 0.25) is 10.0 Å². The quantitative estimate of drug-likeness (QED) is 0.550. The lowest BCUT2D eigenvalue weighted by Gasteiger charge is -2.13. The topological polar surface area (TPSA) is 113 Å². The first-order valence-corrected chi connectivity index (χ1v) is 9.01. The van der Waals surface area contributed by atoms with Crippen LogP contribution in [0.2, 0.25) is 0 Å². The summed E-state index contributed by atoms with van der Waals surface area (Å²) in [4.78, 5) is 23.2. The standard InChI is InChI=1S/C16H22N2O5S/c1-3-6-13(16(20)21)11-17-15(19)12-7-5-8-14(10-12)24(22,23)18-9-4-2/h4-5,7-8,10,13,18H,2-3,6,9,11H2,1H3,(H,17,19)(H,20,21). The molecule has 0 spiro atoms. The molecule has 0 aliphatic rings. The predicted molar refractivity (Wildman–Crippen MR) is 90.2 cm³/mol. The molecular formula is C16H22N2O5S. The van der Waals surface area contributed by atoms with Gasteiger partial charge in [0.1, 0.15) is 0 Å². The molecule has 1 amide bonds. The van der Waals surface area contributed by atoms with Crippen LogP contribution in [0.4, 0.5) is 0 Å². The molecule has 132 valence electrons. The molecule has 3 N–H and O–H groups in total. The summed E-state index contributed by atoms with van der Waals surface area (Å²) in [5.41, 5.74) is 0.150. The van der Waals surface area contributed by atoms with Crippen molar-refractivity contribution in [2.45, 2.75) is 24.7 Å². The minimum atomic E-state index is -3.73. The van der Waals surface area contributed by atoms with E-state index in [4.69, 9.17) is 5.11 Å². The normalized spacial score (nSPS) is 12.4. The third-order valence-corrected chi connectivity index (χ3v) is 4.74. The molecule has 8 heteroatoms. The number of carbonyl (C=O) groups excluding carboxylic acids is 1. The van der Waals surface area contributed by atoms with Crippen LogP contribution in [-0.2, 0) is 14.8 Å². The maximum Gasteiger partial charge on any atom is 0.308 e. The third-order valence-electron chi connectivity index (χ3n) is 3.32. The maximum absolute atomic E-state index is 12.1. The van der Waals surface area contributed by atoms with Crippen molar-refractivity contribution in [3.63, 3.8) is 0 Å². The third kappa shape index (κ3) is 5.78. The van der Waals surface area contributed by atoms with E-state index in [1.165, 1.54) is 30.3 Å². The number of carbonyl (C=O) groups is 2. The van der Waals surface area contributed by atoms with E-state index in [1.807, 2.05) is 6.92 Å². The van der Waals surface area contributed by atoms with Crippen LogP contribution in [0.3, 0.4) is 0 Å². The van der Waals surface area contributed by atoms with Gasteiger partial charge < -0.3 is 10.4 Å². The molecule has 1 atom stereocenters. The molecule has 0 radical (unpaired) electrons. The van der Waals surface area contributed by atoms with Gasteiger partial charge in [0.05, 0.1) is 10.8 Å². The van der Waals surface area contributed by atoms with Crippen molar-refractivity contribution >= 4 is 21.9 Å². The van der Waals surface area contributed by atoms with Gasteiger partial charge in [-0.2, -0.15) is 0 Å². The van der Waals surface area contributed by atoms with E-state index >= 15 is 0 Å². The van der Waals surface area contributed by atoms with Gasteiger partial charge in [0, 0.05) is 18.7 Å². The zero-order valence-electron chi connectivity index (χ0n) is 13.5. The molecular weight excluding hydrogens is 332 g/mol. The summed E-state index contributed by atoms with van der Waals surface area (Å²) in [6.07, 6.45) is 2.55. The maximum atomic E-state index is 12.1. The molecule has 0 aliphatic heterocycles. The zero-order chi connectivity index (χ0) is 18.2. The Balaban J connectivity index is 2.84. The fourth-order valence-corrected chi connectivity index (χ4v) is 3.08. The Labute approximate surface area is 141 Å². The number of nitrogens with one attached hydrogen (secondary N) is 2. The average molecular weight is 354 g/mol. The number of rotatable bonds is 10. The van der Waals surface area contributed by atoms with Gasteiger partial charge in [-0.25, -0.2) is 13.1 Å². The minimum absolute atomic E-state index is 0.00625. The summed E-state index contributed by atoms with van der Waals surface area (Å²) in [6, 6.07) is 5.55. The summed E-state index contributed by atoms with van der Waals surface area (Å²) in [5, 5.41) is 11.6. The fourth-order valence-electron chi connectivity index (χ4n) is 2.04. The highest BCUT2D eigenvalue weighted by molar-refractivity contribution is 7.89. The van der Waals surface area contributed by atoms with E-state index in [0.29, 0.717) is 12.8 Å². The molecule has 0 fully saturated rings. The molecule has 1 unspecified atom stereocenters. The molecule has 1 aromatic carbocycles. The molecule has 24 heavy (non-hydrogen) atoms. The molecule has 0 heterocycles. The molecule has 1 rings (SSSR count). The van der Waals surface area contributed by atoms with Crippen LogP contribution >= 0.6 is 0 Å². The highest BCUT2D eigenvalue weighted by Crippen LogP contribution is 2.12. The molecule has 7 nitrogen and oxygen atoms in total. The summed E-state index contributed by atoms with van der Waals surface area (Å²) >= 11 is 0. The molecule has 0 bridgehead atoms. The van der Waals surface area contributed by atoms with E-state index in [-0.39, 0.29) is 23.5 Å². The monoisotopic (exact) mass is 354 g/mol. The largest absolute Gasteiger partial charge is 0.481 e. The second-order valence-corrected chi connectivity index (χ2v) is 6.97. The van der Waals surface area contributed by atoms with Gasteiger partial charge in [-0.05, 0) is 24.6 Å². The first-order valence-electron chi connectivity index (χ1n) is 7.53. The number of amides is 1. The highest BCUT2D eigenvalue weighted by Gasteiger charge is 2.19. The van der Waals surface area contributed by atoms with Crippen molar-refractivity contribution < 1.29 is 23.1 Å². The SMILES string of the molecule is C=CCNS(=O)(=O)c1cccc(C(=O)NCC(CCC)C(=O)O)c1. The molecule has 0 saturated carbocycles. The van der Waals surface area contributed by atoms with Crippen LogP contribution < -0.4 is 10.0 Å². The van der Waals surface area contributed by atoms with Gasteiger partial charge in [-0.3, -0.25) is 9.59 Å². The second kappa shape index (κ2) is 9.19. The Morgan fingerprint density at radius 1 is 1.38 bits per heavy atom. The lowest BCUT2D eigenvalue weighted by atomic mass is 10.0. The summed E-state index contributed by atoms with van der Waals surface area (Å²) in [6.45, 7) is 5.37. The van der Waals surface area contributed by atoms with Crippen molar-refractivity contribution in [2.75, 3.05) is 13.1 Å². The first-order chi connectivity index (χ1) is 11.3. The molecule has 0 aliphatic carbocycles. The van der Waals surface area contributed by atoms with Crippen molar-refractivity contribution in [1.82, 2.24) is 10.0 Å².